The summed E-state index contributed by atoms with van der Waals surface area (Å²) >= 11 is 0. The van der Waals surface area contributed by atoms with Crippen LogP contribution in [0.15, 0.2) is 23.5 Å². The van der Waals surface area contributed by atoms with Crippen molar-refractivity contribution in [2.75, 3.05) is 50.7 Å². The predicted molar refractivity (Wildman–Crippen MR) is 129 cm³/mol. The summed E-state index contributed by atoms with van der Waals surface area (Å²) in [5, 5.41) is 0. The van der Waals surface area contributed by atoms with E-state index in [1.807, 2.05) is 6.07 Å². The average Bonchev–Trinajstić information content (AvgIpc) is 3.20. The van der Waals surface area contributed by atoms with Gasteiger partial charge in [-0.3, -0.25) is 9.89 Å². The monoisotopic (exact) mass is 513 g/mol. The van der Waals surface area contributed by atoms with Crippen LogP contribution >= 0.6 is 24.0 Å². The van der Waals surface area contributed by atoms with Crippen molar-refractivity contribution in [1.82, 2.24) is 19.8 Å². The summed E-state index contributed by atoms with van der Waals surface area (Å²) < 4.78 is 0. The van der Waals surface area contributed by atoms with Gasteiger partial charge >= 0.3 is 0 Å². The first-order valence-electron chi connectivity index (χ1n) is 11.1. The Hall–Kier alpha value is -1.16. The first-order valence-corrected chi connectivity index (χ1v) is 11.1. The van der Waals surface area contributed by atoms with Gasteiger partial charge in [0.25, 0.3) is 0 Å². The number of halogens is 1. The number of nitrogens with two attached hydrogens (primary N) is 1. The van der Waals surface area contributed by atoms with Crippen LogP contribution in [0.2, 0.25) is 0 Å². The number of rotatable bonds is 5. The summed E-state index contributed by atoms with van der Waals surface area (Å²) in [5.74, 6) is 2.42. The van der Waals surface area contributed by atoms with Gasteiger partial charge in [-0.05, 0) is 44.2 Å². The molecule has 2 saturated heterocycles. The molecule has 1 aliphatic carbocycles. The number of hydrogen-bond acceptors (Lipinski definition) is 5. The maximum atomic E-state index is 6.35. The molecular formula is C21H36IN7. The molecule has 2 N–H and O–H groups in total. The molecule has 7 nitrogen and oxygen atoms in total. The second kappa shape index (κ2) is 11.3. The molecule has 162 valence electrons. The number of anilines is 1. The molecule has 2 aliphatic heterocycles. The lowest BCUT2D eigenvalue weighted by Gasteiger charge is -2.35. The lowest BCUT2D eigenvalue weighted by Crippen LogP contribution is -2.51. The number of aliphatic imine (C=N–C) groups is 1. The molecule has 4 rings (SSSR count). The highest BCUT2D eigenvalue weighted by Crippen LogP contribution is 2.27. The van der Waals surface area contributed by atoms with E-state index >= 15 is 0 Å². The van der Waals surface area contributed by atoms with E-state index in [4.69, 9.17) is 10.7 Å². The van der Waals surface area contributed by atoms with Crippen LogP contribution in [0.25, 0.3) is 0 Å². The molecule has 29 heavy (non-hydrogen) atoms. The smallest absolute Gasteiger partial charge is 0.225 e. The molecule has 0 aromatic carbocycles. The lowest BCUT2D eigenvalue weighted by atomic mass is 9.89. The van der Waals surface area contributed by atoms with Gasteiger partial charge in [0, 0.05) is 51.2 Å². The minimum absolute atomic E-state index is 0. The zero-order chi connectivity index (χ0) is 19.2. The standard InChI is InChI=1S/C21H35N7.HI/c22-20(26-12-14-27(15-13-26)21-23-9-5-10-24-21)25-16-19-8-4-11-28(19)17-18-6-2-1-3-7-18;/h5,9-10,18-19H,1-4,6-8,11-17H2,(H2,22,25);1H. The van der Waals surface area contributed by atoms with E-state index in [0.29, 0.717) is 12.0 Å². The third kappa shape index (κ3) is 6.16. The Bertz CT molecular complexity index is 627. The van der Waals surface area contributed by atoms with Gasteiger partial charge in [0.05, 0.1) is 6.54 Å². The number of nitrogens with zero attached hydrogens (tertiary/aromatic N) is 6. The van der Waals surface area contributed by atoms with Crippen LogP contribution < -0.4 is 10.6 Å². The van der Waals surface area contributed by atoms with Crippen LogP contribution in [-0.2, 0) is 0 Å². The maximum absolute atomic E-state index is 6.35. The highest BCUT2D eigenvalue weighted by atomic mass is 127. The van der Waals surface area contributed by atoms with Crippen molar-refractivity contribution in [1.29, 1.82) is 0 Å². The fourth-order valence-electron chi connectivity index (χ4n) is 4.93. The average molecular weight is 513 g/mol. The first-order chi connectivity index (χ1) is 13.8. The number of guanidine groups is 1. The van der Waals surface area contributed by atoms with Gasteiger partial charge in [0.1, 0.15) is 0 Å². The van der Waals surface area contributed by atoms with E-state index in [1.54, 1.807) is 12.4 Å². The number of aromatic nitrogens is 2. The quantitative estimate of drug-likeness (QED) is 0.371. The summed E-state index contributed by atoms with van der Waals surface area (Å²) in [6.07, 6.45) is 13.3. The zero-order valence-electron chi connectivity index (χ0n) is 17.5. The topological polar surface area (TPSA) is 73.9 Å². The molecule has 3 fully saturated rings. The molecule has 0 radical (unpaired) electrons. The Morgan fingerprint density at radius 1 is 0.966 bits per heavy atom. The van der Waals surface area contributed by atoms with Gasteiger partial charge in [0.15, 0.2) is 5.96 Å². The van der Waals surface area contributed by atoms with Crippen LogP contribution in [0.1, 0.15) is 44.9 Å². The van der Waals surface area contributed by atoms with E-state index in [9.17, 15) is 0 Å². The highest BCUT2D eigenvalue weighted by Gasteiger charge is 2.27. The largest absolute Gasteiger partial charge is 0.370 e. The lowest BCUT2D eigenvalue weighted by molar-refractivity contribution is 0.190. The van der Waals surface area contributed by atoms with Gasteiger partial charge < -0.3 is 15.5 Å². The van der Waals surface area contributed by atoms with E-state index in [0.717, 1.165) is 44.6 Å². The van der Waals surface area contributed by atoms with Gasteiger partial charge in [0.2, 0.25) is 5.95 Å². The second-order valence-corrected chi connectivity index (χ2v) is 8.52. The molecule has 3 heterocycles. The fraction of sp³-hybridized carbons (Fsp3) is 0.762. The van der Waals surface area contributed by atoms with Gasteiger partial charge in [-0.1, -0.05) is 19.3 Å². The molecule has 1 aromatic heterocycles. The van der Waals surface area contributed by atoms with Gasteiger partial charge in [-0.2, -0.15) is 0 Å². The van der Waals surface area contributed by atoms with Crippen molar-refractivity contribution < 1.29 is 0 Å². The predicted octanol–water partition coefficient (Wildman–Crippen LogP) is 2.58. The number of piperazine rings is 1. The SMILES string of the molecule is I.NC(=NCC1CCCN1CC1CCCCC1)N1CCN(c2ncccn2)CC1. The summed E-state index contributed by atoms with van der Waals surface area (Å²) in [4.78, 5) is 20.6. The Morgan fingerprint density at radius 3 is 2.41 bits per heavy atom. The van der Waals surface area contributed by atoms with Crippen LogP contribution in [0.4, 0.5) is 5.95 Å². The summed E-state index contributed by atoms with van der Waals surface area (Å²) in [6.45, 7) is 6.89. The van der Waals surface area contributed by atoms with Crippen molar-refractivity contribution in [2.24, 2.45) is 16.6 Å². The summed E-state index contributed by atoms with van der Waals surface area (Å²) in [6, 6.07) is 2.44. The first kappa shape index (κ1) is 22.5. The van der Waals surface area contributed by atoms with E-state index in [1.165, 1.54) is 58.0 Å². The molecule has 1 saturated carbocycles. The third-order valence-corrected chi connectivity index (χ3v) is 6.62. The summed E-state index contributed by atoms with van der Waals surface area (Å²) in [5.41, 5.74) is 6.35. The molecule has 1 aromatic rings. The molecule has 0 spiro atoms. The molecule has 1 atom stereocenters. The minimum atomic E-state index is 0. The zero-order valence-corrected chi connectivity index (χ0v) is 19.8. The molecular weight excluding hydrogens is 477 g/mol. The molecule has 8 heteroatoms. The second-order valence-electron chi connectivity index (χ2n) is 8.52. The van der Waals surface area contributed by atoms with Crippen molar-refractivity contribution >= 4 is 35.9 Å². The van der Waals surface area contributed by atoms with E-state index in [-0.39, 0.29) is 24.0 Å². The number of hydrogen-bond donors (Lipinski definition) is 1. The van der Waals surface area contributed by atoms with Crippen LogP contribution in [-0.4, -0.2) is 77.6 Å². The van der Waals surface area contributed by atoms with Crippen LogP contribution in [0, 0.1) is 5.92 Å². The highest BCUT2D eigenvalue weighted by molar-refractivity contribution is 14.0. The normalized spacial score (nSPS) is 24.6. The molecule has 0 amide bonds. The maximum Gasteiger partial charge on any atom is 0.225 e. The van der Waals surface area contributed by atoms with Crippen LogP contribution in [0.3, 0.4) is 0 Å². The van der Waals surface area contributed by atoms with Crippen molar-refractivity contribution in [2.45, 2.75) is 51.0 Å². The molecule has 1 unspecified atom stereocenters. The third-order valence-electron chi connectivity index (χ3n) is 6.62. The minimum Gasteiger partial charge on any atom is -0.370 e. The van der Waals surface area contributed by atoms with E-state index < -0.39 is 0 Å². The van der Waals surface area contributed by atoms with Crippen molar-refractivity contribution in [3.63, 3.8) is 0 Å². The van der Waals surface area contributed by atoms with Crippen LogP contribution in [0.5, 0.6) is 0 Å². The number of likely N-dealkylation sites (tertiary alicyclic amines) is 1. The molecule has 0 bridgehead atoms. The Kier molecular flexibility index (Phi) is 8.77. The Labute approximate surface area is 192 Å². The fourth-order valence-corrected chi connectivity index (χ4v) is 4.93. The van der Waals surface area contributed by atoms with Crippen molar-refractivity contribution in [3.8, 4) is 0 Å². The summed E-state index contributed by atoms with van der Waals surface area (Å²) in [7, 11) is 0. The van der Waals surface area contributed by atoms with Crippen molar-refractivity contribution in [3.05, 3.63) is 18.5 Å². The Balaban J connectivity index is 0.00000240. The Morgan fingerprint density at radius 2 is 1.69 bits per heavy atom. The van der Waals surface area contributed by atoms with E-state index in [2.05, 4.69) is 24.7 Å². The van der Waals surface area contributed by atoms with Gasteiger partial charge in [-0.15, -0.1) is 24.0 Å². The van der Waals surface area contributed by atoms with Gasteiger partial charge in [-0.25, -0.2) is 9.97 Å². The molecule has 3 aliphatic rings.